The van der Waals surface area contributed by atoms with Crippen LogP contribution >= 0.6 is 0 Å². The average Bonchev–Trinajstić information content (AvgIpc) is 3.04. The molecule has 0 bridgehead atoms. The molecule has 262 valence electrons. The van der Waals surface area contributed by atoms with Gasteiger partial charge in [-0.05, 0) is 44.1 Å². The van der Waals surface area contributed by atoms with Crippen molar-refractivity contribution in [1.82, 2.24) is 9.80 Å². The summed E-state index contributed by atoms with van der Waals surface area (Å²) in [5.41, 5.74) is -0.515. The Morgan fingerprint density at radius 3 is 1.41 bits per heavy atom. The Balaban J connectivity index is 2.97. The van der Waals surface area contributed by atoms with Gasteiger partial charge in [-0.1, -0.05) is 99.3 Å². The highest BCUT2D eigenvalue weighted by molar-refractivity contribution is 5.69. The predicted molar refractivity (Wildman–Crippen MR) is 184 cm³/mol. The van der Waals surface area contributed by atoms with Crippen LogP contribution in [0.15, 0.2) is 0 Å². The van der Waals surface area contributed by atoms with Crippen LogP contribution in [0, 0.1) is 23.2 Å². The number of piperazine rings is 1. The van der Waals surface area contributed by atoms with Gasteiger partial charge in [0.1, 0.15) is 6.61 Å². The molecule has 1 aliphatic heterocycles. The molecular formula is C37H74N2O5. The summed E-state index contributed by atoms with van der Waals surface area (Å²) in [6.45, 7) is 22.3. The van der Waals surface area contributed by atoms with E-state index in [1.807, 2.05) is 0 Å². The zero-order valence-corrected chi connectivity index (χ0v) is 30.3. The molecule has 0 saturated carbocycles. The zero-order chi connectivity index (χ0) is 32.5. The number of unbranched alkanes of at least 4 members (excludes halogenated alkanes) is 3. The largest absolute Gasteiger partial charge is 0.465 e. The van der Waals surface area contributed by atoms with E-state index >= 15 is 0 Å². The van der Waals surface area contributed by atoms with Crippen molar-refractivity contribution < 1.29 is 23.7 Å². The number of nitrogens with zero attached hydrogens (tertiary/aromatic N) is 2. The van der Waals surface area contributed by atoms with Gasteiger partial charge in [0.15, 0.2) is 0 Å². The highest BCUT2D eigenvalue weighted by atomic mass is 16.5. The molecule has 0 aromatic rings. The van der Waals surface area contributed by atoms with Crippen LogP contribution in [0.4, 0.5) is 0 Å². The molecule has 3 atom stereocenters. The summed E-state index contributed by atoms with van der Waals surface area (Å²) in [7, 11) is 2.16. The third-order valence-electron chi connectivity index (χ3n) is 9.68. The molecule has 0 N–H and O–H groups in total. The molecule has 0 aromatic carbocycles. The monoisotopic (exact) mass is 627 g/mol. The second-order valence-electron chi connectivity index (χ2n) is 13.9. The lowest BCUT2D eigenvalue weighted by molar-refractivity contribution is -0.158. The van der Waals surface area contributed by atoms with Gasteiger partial charge in [-0.2, -0.15) is 0 Å². The molecule has 7 heteroatoms. The lowest BCUT2D eigenvalue weighted by atomic mass is 9.91. The number of carbonyl (C=O) groups is 1. The minimum atomic E-state index is -0.515. The summed E-state index contributed by atoms with van der Waals surface area (Å²) < 4.78 is 25.5. The minimum absolute atomic E-state index is 0.133. The zero-order valence-electron chi connectivity index (χ0n) is 30.3. The van der Waals surface area contributed by atoms with Crippen LogP contribution in [-0.2, 0) is 23.7 Å². The number of likely N-dealkylation sites (N-methyl/N-ethyl adjacent to an activating group) is 1. The van der Waals surface area contributed by atoms with Crippen LogP contribution in [-0.4, -0.2) is 102 Å². The third-order valence-corrected chi connectivity index (χ3v) is 9.68. The summed E-state index contributed by atoms with van der Waals surface area (Å²) in [6, 6.07) is 0. The lowest BCUT2D eigenvalue weighted by Gasteiger charge is -2.34. The van der Waals surface area contributed by atoms with E-state index in [0.29, 0.717) is 44.0 Å². The Kier molecular flexibility index (Phi) is 24.7. The van der Waals surface area contributed by atoms with Crippen molar-refractivity contribution in [2.75, 3.05) is 86.0 Å². The predicted octanol–water partition coefficient (Wildman–Crippen LogP) is 7.85. The number of ether oxygens (including phenoxy) is 4. The molecule has 0 radical (unpaired) electrons. The van der Waals surface area contributed by atoms with Crippen LogP contribution in [0.3, 0.4) is 0 Å². The minimum Gasteiger partial charge on any atom is -0.465 e. The normalized spacial score (nSPS) is 18.2. The molecule has 0 spiro atoms. The van der Waals surface area contributed by atoms with Gasteiger partial charge in [0, 0.05) is 52.5 Å². The van der Waals surface area contributed by atoms with Crippen molar-refractivity contribution in [2.45, 2.75) is 125 Å². The Labute approximate surface area is 273 Å². The second-order valence-corrected chi connectivity index (χ2v) is 13.9. The first-order valence-electron chi connectivity index (χ1n) is 18.6. The Bertz CT molecular complexity index is 615. The van der Waals surface area contributed by atoms with Crippen LogP contribution in [0.2, 0.25) is 0 Å². The smallest absolute Gasteiger partial charge is 0.307 e. The van der Waals surface area contributed by atoms with Gasteiger partial charge < -0.3 is 28.7 Å². The summed E-state index contributed by atoms with van der Waals surface area (Å²) in [6.07, 6.45) is 14.7. The number of hydrogen-bond donors (Lipinski definition) is 0. The maximum absolute atomic E-state index is 13.1. The van der Waals surface area contributed by atoms with Gasteiger partial charge in [0.25, 0.3) is 0 Å². The molecule has 0 aromatic heterocycles. The first-order chi connectivity index (χ1) is 21.3. The first kappa shape index (κ1) is 41.3. The maximum atomic E-state index is 13.1. The van der Waals surface area contributed by atoms with Gasteiger partial charge >= 0.3 is 5.97 Å². The highest BCUT2D eigenvalue weighted by Crippen LogP contribution is 2.25. The van der Waals surface area contributed by atoms with Gasteiger partial charge in [-0.25, -0.2) is 0 Å². The first-order valence-corrected chi connectivity index (χ1v) is 18.6. The Morgan fingerprint density at radius 1 is 0.636 bits per heavy atom. The molecule has 1 heterocycles. The van der Waals surface area contributed by atoms with E-state index in [9.17, 15) is 4.79 Å². The van der Waals surface area contributed by atoms with E-state index in [1.54, 1.807) is 0 Å². The fraction of sp³-hybridized carbons (Fsp3) is 0.973. The third kappa shape index (κ3) is 19.1. The maximum Gasteiger partial charge on any atom is 0.307 e. The molecule has 7 nitrogen and oxygen atoms in total. The van der Waals surface area contributed by atoms with E-state index in [0.717, 1.165) is 71.8 Å². The molecule has 0 aliphatic carbocycles. The SMILES string of the molecule is CCCCC(CC)COCC(COCC(CC)CCCC)(COCC(CC)CCCC)COC(=O)CCN1CCN(C)CC1. The number of esters is 1. The Hall–Kier alpha value is -0.730. The van der Waals surface area contributed by atoms with E-state index in [1.165, 1.54) is 57.8 Å². The summed E-state index contributed by atoms with van der Waals surface area (Å²) in [5, 5.41) is 0. The summed E-state index contributed by atoms with van der Waals surface area (Å²) >= 11 is 0. The van der Waals surface area contributed by atoms with Crippen molar-refractivity contribution in [3.05, 3.63) is 0 Å². The summed E-state index contributed by atoms with van der Waals surface area (Å²) in [4.78, 5) is 17.8. The van der Waals surface area contributed by atoms with Crippen molar-refractivity contribution >= 4 is 5.97 Å². The molecule has 1 aliphatic rings. The van der Waals surface area contributed by atoms with Crippen LogP contribution in [0.5, 0.6) is 0 Å². The quantitative estimate of drug-likeness (QED) is 0.0784. The van der Waals surface area contributed by atoms with Gasteiger partial charge in [-0.15, -0.1) is 0 Å². The molecule has 3 unspecified atom stereocenters. The molecule has 1 saturated heterocycles. The van der Waals surface area contributed by atoms with Gasteiger partial charge in [0.2, 0.25) is 0 Å². The standard InChI is InChI=1S/C37H74N2O5/c1-8-14-17-33(11-4)26-41-29-37(30-42-27-34(12-5)18-15-9-2,31-43-28-35(13-6)19-16-10-3)32-44-36(40)20-21-39-24-22-38(7)23-25-39/h33-35H,8-32H2,1-7H3. The Morgan fingerprint density at radius 2 is 1.05 bits per heavy atom. The summed E-state index contributed by atoms with van der Waals surface area (Å²) in [5.74, 6) is 1.53. The fourth-order valence-corrected chi connectivity index (χ4v) is 5.90. The van der Waals surface area contributed by atoms with Crippen molar-refractivity contribution in [2.24, 2.45) is 23.2 Å². The number of carbonyl (C=O) groups excluding carboxylic acids is 1. The topological polar surface area (TPSA) is 60.5 Å². The highest BCUT2D eigenvalue weighted by Gasteiger charge is 2.35. The lowest BCUT2D eigenvalue weighted by Crippen LogP contribution is -2.45. The molecular weight excluding hydrogens is 552 g/mol. The number of rotatable bonds is 29. The van der Waals surface area contributed by atoms with Crippen molar-refractivity contribution in [3.8, 4) is 0 Å². The van der Waals surface area contributed by atoms with Gasteiger partial charge in [0.05, 0.1) is 31.7 Å². The van der Waals surface area contributed by atoms with Crippen LogP contribution < -0.4 is 0 Å². The van der Waals surface area contributed by atoms with Gasteiger partial charge in [-0.3, -0.25) is 4.79 Å². The number of hydrogen-bond acceptors (Lipinski definition) is 7. The van der Waals surface area contributed by atoms with Crippen LogP contribution in [0.25, 0.3) is 0 Å². The van der Waals surface area contributed by atoms with Crippen molar-refractivity contribution in [1.29, 1.82) is 0 Å². The molecule has 0 amide bonds. The molecule has 1 rings (SSSR count). The second kappa shape index (κ2) is 26.4. The van der Waals surface area contributed by atoms with Crippen LogP contribution in [0.1, 0.15) is 125 Å². The molecule has 44 heavy (non-hydrogen) atoms. The molecule has 1 fully saturated rings. The van der Waals surface area contributed by atoms with E-state index < -0.39 is 5.41 Å². The van der Waals surface area contributed by atoms with E-state index in [2.05, 4.69) is 58.4 Å². The average molecular weight is 627 g/mol. The fourth-order valence-electron chi connectivity index (χ4n) is 5.90. The van der Waals surface area contributed by atoms with Crippen molar-refractivity contribution in [3.63, 3.8) is 0 Å². The van der Waals surface area contributed by atoms with E-state index in [4.69, 9.17) is 18.9 Å². The van der Waals surface area contributed by atoms with E-state index in [-0.39, 0.29) is 12.6 Å².